The Kier molecular flexibility index (Phi) is 35.0. The molecule has 1 saturated carbocycles. The fourth-order valence-corrected chi connectivity index (χ4v) is 7.51. The Bertz CT molecular complexity index is 1490. The first kappa shape index (κ1) is 60.0. The predicted molar refractivity (Wildman–Crippen MR) is 251 cm³/mol. The summed E-state index contributed by atoms with van der Waals surface area (Å²) in [5, 5.41) is 70.2. The van der Waals surface area contributed by atoms with Gasteiger partial charge in [0.25, 0.3) is 0 Å². The van der Waals surface area contributed by atoms with Crippen molar-refractivity contribution in [3.8, 4) is 0 Å². The summed E-state index contributed by atoms with van der Waals surface area (Å²) in [5.74, 6) is -1.28. The number of allylic oxidation sites excluding steroid dienone is 10. The van der Waals surface area contributed by atoms with Crippen molar-refractivity contribution >= 4 is 19.8 Å². The van der Waals surface area contributed by atoms with E-state index >= 15 is 0 Å². The summed E-state index contributed by atoms with van der Waals surface area (Å²) < 4.78 is 33.4. The molecule has 0 aromatic carbocycles. The van der Waals surface area contributed by atoms with Crippen LogP contribution in [-0.2, 0) is 32.7 Å². The largest absolute Gasteiger partial charge is 0.472 e. The first-order valence-electron chi connectivity index (χ1n) is 23.6. The van der Waals surface area contributed by atoms with Crippen molar-refractivity contribution in [3.63, 3.8) is 0 Å². The molecule has 65 heavy (non-hydrogen) atoms. The summed E-state index contributed by atoms with van der Waals surface area (Å²) in [6.07, 6.45) is 28.4. The van der Waals surface area contributed by atoms with E-state index in [1.165, 1.54) is 25.7 Å². The number of unbranched alkanes of at least 4 members (excludes halogenated alkanes) is 11. The van der Waals surface area contributed by atoms with Crippen LogP contribution in [0.4, 0.5) is 0 Å². The van der Waals surface area contributed by atoms with Crippen LogP contribution >= 0.6 is 7.82 Å². The second kappa shape index (κ2) is 38.0. The second-order valence-corrected chi connectivity index (χ2v) is 17.7. The Morgan fingerprint density at radius 3 is 1.66 bits per heavy atom. The Labute approximate surface area is 387 Å². The highest BCUT2D eigenvalue weighted by atomic mass is 31.2. The van der Waals surface area contributed by atoms with E-state index in [4.69, 9.17) is 18.5 Å². The Balaban J connectivity index is 2.57. The summed E-state index contributed by atoms with van der Waals surface area (Å²) in [4.78, 5) is 35.7. The molecule has 0 heterocycles. The van der Waals surface area contributed by atoms with E-state index in [2.05, 4.69) is 19.1 Å². The van der Waals surface area contributed by atoms with Gasteiger partial charge in [0.1, 0.15) is 43.2 Å². The average molecular weight is 941 g/mol. The highest BCUT2D eigenvalue weighted by molar-refractivity contribution is 7.47. The second-order valence-electron chi connectivity index (χ2n) is 16.3. The molecule has 0 aromatic heterocycles. The van der Waals surface area contributed by atoms with E-state index in [1.54, 1.807) is 42.5 Å². The number of hydrogen-bond donors (Lipinski definition) is 8. The minimum atomic E-state index is -5.17. The molecule has 0 amide bonds. The number of esters is 2. The van der Waals surface area contributed by atoms with Crippen LogP contribution in [0.1, 0.15) is 142 Å². The summed E-state index contributed by atoms with van der Waals surface area (Å²) in [7, 11) is -5.17. The van der Waals surface area contributed by atoms with Crippen molar-refractivity contribution < 1.29 is 73.3 Å². The monoisotopic (exact) mass is 941 g/mol. The third-order valence-electron chi connectivity index (χ3n) is 10.4. The first-order valence-corrected chi connectivity index (χ1v) is 25.1. The fourth-order valence-electron chi connectivity index (χ4n) is 6.54. The van der Waals surface area contributed by atoms with Crippen molar-refractivity contribution in [2.75, 3.05) is 13.2 Å². The molecule has 372 valence electrons. The lowest BCUT2D eigenvalue weighted by molar-refractivity contribution is -0.220. The van der Waals surface area contributed by atoms with E-state index in [-0.39, 0.29) is 19.3 Å². The van der Waals surface area contributed by atoms with Crippen LogP contribution < -0.4 is 0 Å². The third-order valence-corrected chi connectivity index (χ3v) is 11.4. The zero-order chi connectivity index (χ0) is 48.1. The van der Waals surface area contributed by atoms with E-state index < -0.39 is 87.9 Å². The van der Waals surface area contributed by atoms with E-state index in [1.807, 2.05) is 37.3 Å². The smallest absolute Gasteiger partial charge is 0.462 e. The standard InChI is InChI=1S/C49H81O15P/c1-3-5-7-8-9-10-11-12-13-14-15-16-17-21-29-35-42(52)61-37-41(38-62-65(59,60)64-49-47(57)45(55)44(54)46(56)48(49)58)63-43(53)36-30-22-19-18-20-26-32-40(51)34-28-24-23-27-33-39(50)31-25-6-4-2/h6,10-11,19-20,22-28,33-34,39-41,44-51,54-58H,3-5,7-9,12-18,21,29-32,35-38H2,1-2H3,(H,59,60)/b11-10-,22-19-,24-23-,25-6-,26-20-,33-27+,34-28+/t39-,40+,41+,44?,45-,46+,47+,48+,49?/m0/s1. The molecule has 8 N–H and O–H groups in total. The SMILES string of the molecule is CC/C=C\C[C@H](O)/C=C/C=C\C=C\[C@H](O)C/C=C\C/C=C\CCC(=O)O[C@H](COC(=O)CCCCCCCCC/C=C\CCCCCC)COP(=O)(O)OC1[C@H](O)[C@H](O)C(O)[C@H](O)[C@H]1O. The van der Waals surface area contributed by atoms with Crippen LogP contribution in [0.2, 0.25) is 0 Å². The Morgan fingerprint density at radius 2 is 1.08 bits per heavy atom. The van der Waals surface area contributed by atoms with Gasteiger partial charge in [-0.2, -0.15) is 0 Å². The van der Waals surface area contributed by atoms with Gasteiger partial charge in [0.05, 0.1) is 18.8 Å². The van der Waals surface area contributed by atoms with Crippen LogP contribution in [-0.4, -0.2) is 121 Å². The normalized spacial score (nSPS) is 23.2. The predicted octanol–water partition coefficient (Wildman–Crippen LogP) is 7.22. The van der Waals surface area contributed by atoms with Crippen molar-refractivity contribution in [1.29, 1.82) is 0 Å². The lowest BCUT2D eigenvalue weighted by atomic mass is 9.85. The van der Waals surface area contributed by atoms with Gasteiger partial charge in [-0.25, -0.2) is 4.57 Å². The minimum absolute atomic E-state index is 0.0899. The molecule has 1 rings (SSSR count). The highest BCUT2D eigenvalue weighted by Gasteiger charge is 2.51. The summed E-state index contributed by atoms with van der Waals surface area (Å²) in [6.45, 7) is 2.94. The maximum Gasteiger partial charge on any atom is 0.472 e. The molecular weight excluding hydrogens is 859 g/mol. The number of carbonyl (C=O) groups excluding carboxylic acids is 2. The number of phosphoric ester groups is 1. The number of phosphoric acid groups is 1. The van der Waals surface area contributed by atoms with E-state index in [9.17, 15) is 54.8 Å². The number of hydrogen-bond acceptors (Lipinski definition) is 14. The minimum Gasteiger partial charge on any atom is -0.462 e. The van der Waals surface area contributed by atoms with Gasteiger partial charge in [-0.3, -0.25) is 18.6 Å². The summed E-state index contributed by atoms with van der Waals surface area (Å²) in [5.41, 5.74) is 0. The van der Waals surface area contributed by atoms with Crippen molar-refractivity contribution in [1.82, 2.24) is 0 Å². The van der Waals surface area contributed by atoms with Crippen molar-refractivity contribution in [2.24, 2.45) is 0 Å². The number of aliphatic hydroxyl groups is 7. The number of ether oxygens (including phenoxy) is 2. The van der Waals surface area contributed by atoms with Gasteiger partial charge in [0.2, 0.25) is 0 Å². The molecule has 1 fully saturated rings. The molecule has 1 aliphatic carbocycles. The van der Waals surface area contributed by atoms with Crippen LogP contribution in [0.25, 0.3) is 0 Å². The zero-order valence-electron chi connectivity index (χ0n) is 38.7. The molecule has 0 radical (unpaired) electrons. The first-order chi connectivity index (χ1) is 31.2. The Morgan fingerprint density at radius 1 is 0.569 bits per heavy atom. The van der Waals surface area contributed by atoms with Gasteiger partial charge in [-0.05, 0) is 64.2 Å². The highest BCUT2D eigenvalue weighted by Crippen LogP contribution is 2.47. The van der Waals surface area contributed by atoms with Crippen LogP contribution in [0, 0.1) is 0 Å². The molecule has 1 aliphatic rings. The number of carbonyl (C=O) groups is 2. The molecule has 10 atom stereocenters. The molecule has 0 aliphatic heterocycles. The topological polar surface area (TPSA) is 250 Å². The van der Waals surface area contributed by atoms with Gasteiger partial charge in [0, 0.05) is 12.8 Å². The van der Waals surface area contributed by atoms with Gasteiger partial charge < -0.3 is 50.1 Å². The van der Waals surface area contributed by atoms with Crippen LogP contribution in [0.15, 0.2) is 85.1 Å². The molecule has 3 unspecified atom stereocenters. The maximum absolute atomic E-state index is 12.8. The maximum atomic E-state index is 12.8. The van der Waals surface area contributed by atoms with Crippen LogP contribution in [0.3, 0.4) is 0 Å². The Hall–Kier alpha value is -3.05. The molecule has 16 heteroatoms. The van der Waals surface area contributed by atoms with Gasteiger partial charge in [-0.15, -0.1) is 0 Å². The third kappa shape index (κ3) is 30.8. The molecule has 0 aromatic rings. The number of aliphatic hydroxyl groups excluding tert-OH is 7. The number of rotatable bonds is 37. The van der Waals surface area contributed by atoms with Crippen LogP contribution in [0.5, 0.6) is 0 Å². The zero-order valence-corrected chi connectivity index (χ0v) is 39.6. The molecule has 0 spiro atoms. The van der Waals surface area contributed by atoms with Gasteiger partial charge in [0.15, 0.2) is 6.10 Å². The lowest BCUT2D eigenvalue weighted by Crippen LogP contribution is -2.64. The summed E-state index contributed by atoms with van der Waals surface area (Å²) in [6, 6.07) is 0. The van der Waals surface area contributed by atoms with Gasteiger partial charge in [-0.1, -0.05) is 150 Å². The lowest BCUT2D eigenvalue weighted by Gasteiger charge is -2.41. The summed E-state index contributed by atoms with van der Waals surface area (Å²) >= 11 is 0. The van der Waals surface area contributed by atoms with Crippen molar-refractivity contribution in [3.05, 3.63) is 85.1 Å². The molecule has 0 saturated heterocycles. The van der Waals surface area contributed by atoms with Crippen molar-refractivity contribution in [2.45, 2.75) is 197 Å². The van der Waals surface area contributed by atoms with E-state index in [0.29, 0.717) is 25.7 Å². The fraction of sp³-hybridized carbons (Fsp3) is 0.673. The quantitative estimate of drug-likeness (QED) is 0.0101. The molecule has 15 nitrogen and oxygen atoms in total. The average Bonchev–Trinajstić information content (AvgIpc) is 3.28. The molecular formula is C49H81O15P. The van der Waals surface area contributed by atoms with Gasteiger partial charge >= 0.3 is 19.8 Å². The van der Waals surface area contributed by atoms with E-state index in [0.717, 1.165) is 57.8 Å². The molecule has 0 bridgehead atoms.